The molecule has 2 unspecified atom stereocenters. The predicted molar refractivity (Wildman–Crippen MR) is 71.7 cm³/mol. The third-order valence-electron chi connectivity index (χ3n) is 3.43. The van der Waals surface area contributed by atoms with Crippen LogP contribution in [0.3, 0.4) is 0 Å². The average molecular weight is 286 g/mol. The second-order valence-corrected chi connectivity index (χ2v) is 7.24. The minimum atomic E-state index is -3.67. The molecule has 0 aromatic heterocycles. The van der Waals surface area contributed by atoms with Gasteiger partial charge in [-0.25, -0.2) is 12.8 Å². The number of nitrogens with two attached hydrogens (primary N) is 1. The topological polar surface area (TPSA) is 63.4 Å². The number of benzene rings is 1. The van der Waals surface area contributed by atoms with E-state index in [-0.39, 0.29) is 16.9 Å². The molecule has 0 saturated carbocycles. The van der Waals surface area contributed by atoms with Gasteiger partial charge in [0, 0.05) is 19.1 Å². The molecule has 0 bridgehead atoms. The highest BCUT2D eigenvalue weighted by Crippen LogP contribution is 2.25. The summed E-state index contributed by atoms with van der Waals surface area (Å²) in [7, 11) is -3.67. The van der Waals surface area contributed by atoms with Gasteiger partial charge in [0.25, 0.3) is 0 Å². The van der Waals surface area contributed by atoms with E-state index in [1.165, 1.54) is 16.4 Å². The summed E-state index contributed by atoms with van der Waals surface area (Å²) in [5.74, 6) is -0.328. The Kier molecular flexibility index (Phi) is 3.94. The summed E-state index contributed by atoms with van der Waals surface area (Å²) in [5, 5.41) is 0. The number of piperidine rings is 1. The highest BCUT2D eigenvalue weighted by molar-refractivity contribution is 7.89. The third kappa shape index (κ3) is 2.96. The summed E-state index contributed by atoms with van der Waals surface area (Å²) < 4.78 is 39.8. The Morgan fingerprint density at radius 3 is 2.68 bits per heavy atom. The van der Waals surface area contributed by atoms with Crippen LogP contribution in [0.15, 0.2) is 23.1 Å². The van der Waals surface area contributed by atoms with Crippen molar-refractivity contribution < 1.29 is 12.8 Å². The lowest BCUT2D eigenvalue weighted by atomic mass is 9.99. The van der Waals surface area contributed by atoms with E-state index in [2.05, 4.69) is 0 Å². The molecule has 1 aliphatic rings. The molecule has 4 nitrogen and oxygen atoms in total. The fourth-order valence-electron chi connectivity index (χ4n) is 2.54. The molecule has 0 amide bonds. The van der Waals surface area contributed by atoms with Crippen molar-refractivity contribution in [1.29, 1.82) is 0 Å². The van der Waals surface area contributed by atoms with Gasteiger partial charge in [-0.3, -0.25) is 0 Å². The summed E-state index contributed by atoms with van der Waals surface area (Å²) in [6.45, 7) is 4.37. The standard InChI is InChI=1S/C13H19FN2O2S/c1-9-5-12(15)8-16(7-9)19(17,18)13-6-11(14)4-3-10(13)2/h3-4,6,9,12H,5,7-8,15H2,1-2H3. The number of rotatable bonds is 2. The van der Waals surface area contributed by atoms with E-state index in [0.29, 0.717) is 18.7 Å². The predicted octanol–water partition coefficient (Wildman–Crippen LogP) is 1.49. The number of nitrogens with zero attached hydrogens (tertiary/aromatic N) is 1. The first-order chi connectivity index (χ1) is 8.80. The van der Waals surface area contributed by atoms with Crippen molar-refractivity contribution in [3.63, 3.8) is 0 Å². The lowest BCUT2D eigenvalue weighted by Gasteiger charge is -2.34. The van der Waals surface area contributed by atoms with Gasteiger partial charge in [0.1, 0.15) is 5.82 Å². The van der Waals surface area contributed by atoms with E-state index in [1.54, 1.807) is 6.92 Å². The number of hydrogen-bond donors (Lipinski definition) is 1. The van der Waals surface area contributed by atoms with E-state index < -0.39 is 15.8 Å². The minimum absolute atomic E-state index is 0.0359. The normalized spacial score (nSPS) is 25.5. The zero-order valence-corrected chi connectivity index (χ0v) is 12.0. The van der Waals surface area contributed by atoms with Crippen molar-refractivity contribution >= 4 is 10.0 Å². The van der Waals surface area contributed by atoms with Gasteiger partial charge in [0.05, 0.1) is 4.90 Å². The van der Waals surface area contributed by atoms with Crippen LogP contribution in [0, 0.1) is 18.7 Å². The molecule has 0 aliphatic carbocycles. The number of hydrogen-bond acceptors (Lipinski definition) is 3. The van der Waals surface area contributed by atoms with Crippen LogP contribution < -0.4 is 5.73 Å². The van der Waals surface area contributed by atoms with Gasteiger partial charge in [0.2, 0.25) is 10.0 Å². The number of sulfonamides is 1. The van der Waals surface area contributed by atoms with Gasteiger partial charge < -0.3 is 5.73 Å². The van der Waals surface area contributed by atoms with Crippen molar-refractivity contribution in [2.24, 2.45) is 11.7 Å². The van der Waals surface area contributed by atoms with E-state index in [1.807, 2.05) is 6.92 Å². The van der Waals surface area contributed by atoms with Gasteiger partial charge >= 0.3 is 0 Å². The van der Waals surface area contributed by atoms with Crippen molar-refractivity contribution in [1.82, 2.24) is 4.31 Å². The molecule has 1 heterocycles. The molecule has 0 spiro atoms. The smallest absolute Gasteiger partial charge is 0.243 e. The molecular weight excluding hydrogens is 267 g/mol. The highest BCUT2D eigenvalue weighted by atomic mass is 32.2. The molecule has 2 N–H and O–H groups in total. The molecule has 1 aliphatic heterocycles. The maximum atomic E-state index is 13.3. The lowest BCUT2D eigenvalue weighted by Crippen LogP contribution is -2.48. The van der Waals surface area contributed by atoms with Gasteiger partial charge in [0.15, 0.2) is 0 Å². The Bertz CT molecular complexity index is 564. The molecule has 106 valence electrons. The maximum absolute atomic E-state index is 13.3. The molecule has 2 atom stereocenters. The van der Waals surface area contributed by atoms with Crippen molar-refractivity contribution in [2.45, 2.75) is 31.2 Å². The Morgan fingerprint density at radius 2 is 2.05 bits per heavy atom. The Balaban J connectivity index is 2.39. The van der Waals surface area contributed by atoms with Crippen LogP contribution in [-0.2, 0) is 10.0 Å². The van der Waals surface area contributed by atoms with E-state index in [4.69, 9.17) is 5.73 Å². The fourth-order valence-corrected chi connectivity index (χ4v) is 4.39. The molecule has 1 aromatic carbocycles. The first-order valence-electron chi connectivity index (χ1n) is 6.32. The summed E-state index contributed by atoms with van der Waals surface area (Å²) in [6, 6.07) is 3.66. The van der Waals surface area contributed by atoms with Crippen LogP contribution in [0.2, 0.25) is 0 Å². The van der Waals surface area contributed by atoms with Crippen LogP contribution in [-0.4, -0.2) is 31.9 Å². The number of aryl methyl sites for hydroxylation is 1. The maximum Gasteiger partial charge on any atom is 0.243 e. The molecule has 0 radical (unpaired) electrons. The largest absolute Gasteiger partial charge is 0.326 e. The molecule has 6 heteroatoms. The summed E-state index contributed by atoms with van der Waals surface area (Å²) in [4.78, 5) is 0.0359. The molecule has 19 heavy (non-hydrogen) atoms. The zero-order chi connectivity index (χ0) is 14.2. The average Bonchev–Trinajstić information content (AvgIpc) is 2.31. The summed E-state index contributed by atoms with van der Waals surface area (Å²) >= 11 is 0. The lowest BCUT2D eigenvalue weighted by molar-refractivity contribution is 0.254. The van der Waals surface area contributed by atoms with Gasteiger partial charge in [-0.05, 0) is 37.0 Å². The molecule has 1 aromatic rings. The Hall–Kier alpha value is -0.980. The molecule has 2 rings (SSSR count). The van der Waals surface area contributed by atoms with Crippen LogP contribution >= 0.6 is 0 Å². The van der Waals surface area contributed by atoms with Gasteiger partial charge in [-0.1, -0.05) is 13.0 Å². The Morgan fingerprint density at radius 1 is 1.37 bits per heavy atom. The van der Waals surface area contributed by atoms with E-state index in [0.717, 1.165) is 12.5 Å². The second-order valence-electron chi connectivity index (χ2n) is 5.33. The highest BCUT2D eigenvalue weighted by Gasteiger charge is 2.32. The first kappa shape index (κ1) is 14.4. The van der Waals surface area contributed by atoms with Gasteiger partial charge in [-0.15, -0.1) is 0 Å². The van der Waals surface area contributed by atoms with Crippen LogP contribution in [0.25, 0.3) is 0 Å². The molecule has 1 saturated heterocycles. The summed E-state index contributed by atoms with van der Waals surface area (Å²) in [6.07, 6.45) is 0.814. The van der Waals surface area contributed by atoms with Crippen LogP contribution in [0.5, 0.6) is 0 Å². The fraction of sp³-hybridized carbons (Fsp3) is 0.538. The van der Waals surface area contributed by atoms with E-state index >= 15 is 0 Å². The van der Waals surface area contributed by atoms with Crippen molar-refractivity contribution in [2.75, 3.05) is 13.1 Å². The summed E-state index contributed by atoms with van der Waals surface area (Å²) in [5.41, 5.74) is 6.43. The second kappa shape index (κ2) is 5.19. The SMILES string of the molecule is Cc1ccc(F)cc1S(=O)(=O)N1CC(C)CC(N)C1. The molecule has 1 fully saturated rings. The number of halogens is 1. The van der Waals surface area contributed by atoms with E-state index in [9.17, 15) is 12.8 Å². The van der Waals surface area contributed by atoms with Crippen molar-refractivity contribution in [3.05, 3.63) is 29.6 Å². The van der Waals surface area contributed by atoms with Crippen molar-refractivity contribution in [3.8, 4) is 0 Å². The van der Waals surface area contributed by atoms with Crippen LogP contribution in [0.1, 0.15) is 18.9 Å². The van der Waals surface area contributed by atoms with Gasteiger partial charge in [-0.2, -0.15) is 4.31 Å². The quantitative estimate of drug-likeness (QED) is 0.896. The molecular formula is C13H19FN2O2S. The minimum Gasteiger partial charge on any atom is -0.326 e. The third-order valence-corrected chi connectivity index (χ3v) is 5.40. The zero-order valence-electron chi connectivity index (χ0n) is 11.1. The van der Waals surface area contributed by atoms with Crippen LogP contribution in [0.4, 0.5) is 4.39 Å². The Labute approximate surface area is 113 Å². The first-order valence-corrected chi connectivity index (χ1v) is 7.76. The monoisotopic (exact) mass is 286 g/mol.